The van der Waals surface area contributed by atoms with E-state index in [0.29, 0.717) is 24.3 Å². The SMILES string of the molecule is CSCCC(N)C(=O)NC(CCSC)C(=O)NCC(=O)NC(C(=O)O)C(C)O. The Bertz CT molecular complexity index is 535. The number of nitrogens with two attached hydrogens (primary N) is 1. The molecule has 0 bridgehead atoms. The van der Waals surface area contributed by atoms with E-state index in [1.54, 1.807) is 11.8 Å². The number of hydrogen-bond acceptors (Lipinski definition) is 8. The predicted octanol–water partition coefficient (Wildman–Crippen LogP) is -1.63. The molecule has 0 rings (SSSR count). The van der Waals surface area contributed by atoms with Gasteiger partial charge in [0.15, 0.2) is 6.04 Å². The molecular weight excluding hydrogens is 408 g/mol. The van der Waals surface area contributed by atoms with Gasteiger partial charge in [0, 0.05) is 0 Å². The van der Waals surface area contributed by atoms with Crippen LogP contribution < -0.4 is 21.7 Å². The first-order chi connectivity index (χ1) is 13.1. The van der Waals surface area contributed by atoms with Gasteiger partial charge in [0.1, 0.15) is 6.04 Å². The molecule has 0 heterocycles. The van der Waals surface area contributed by atoms with E-state index >= 15 is 0 Å². The van der Waals surface area contributed by atoms with Crippen molar-refractivity contribution in [2.75, 3.05) is 30.6 Å². The molecule has 3 amide bonds. The van der Waals surface area contributed by atoms with Crippen molar-refractivity contribution >= 4 is 47.2 Å². The number of nitrogens with one attached hydrogen (secondary N) is 3. The van der Waals surface area contributed by atoms with Crippen LogP contribution in [0, 0.1) is 0 Å². The highest BCUT2D eigenvalue weighted by molar-refractivity contribution is 7.98. The number of carboxylic acid groups (broad SMARTS) is 1. The van der Waals surface area contributed by atoms with Crippen molar-refractivity contribution < 1.29 is 29.4 Å². The van der Waals surface area contributed by atoms with Crippen LogP contribution in [0.25, 0.3) is 0 Å². The normalized spacial score (nSPS) is 15.0. The predicted molar refractivity (Wildman–Crippen MR) is 110 cm³/mol. The molecule has 0 aromatic carbocycles. The van der Waals surface area contributed by atoms with Crippen molar-refractivity contribution in [1.29, 1.82) is 0 Å². The molecule has 4 atom stereocenters. The number of carbonyl (C=O) groups excluding carboxylic acids is 3. The second-order valence-electron chi connectivity index (χ2n) is 6.07. The Morgan fingerprint density at radius 3 is 2.07 bits per heavy atom. The van der Waals surface area contributed by atoms with Gasteiger partial charge in [-0.3, -0.25) is 14.4 Å². The summed E-state index contributed by atoms with van der Waals surface area (Å²) in [5.41, 5.74) is 5.81. The first kappa shape index (κ1) is 26.5. The van der Waals surface area contributed by atoms with Crippen LogP contribution in [0.5, 0.6) is 0 Å². The maximum Gasteiger partial charge on any atom is 0.328 e. The average molecular weight is 439 g/mol. The van der Waals surface area contributed by atoms with Crippen molar-refractivity contribution in [1.82, 2.24) is 16.0 Å². The molecule has 10 nitrogen and oxygen atoms in total. The molecule has 0 saturated heterocycles. The zero-order chi connectivity index (χ0) is 21.7. The molecule has 7 N–H and O–H groups in total. The number of hydrogen-bond donors (Lipinski definition) is 6. The smallest absolute Gasteiger partial charge is 0.328 e. The van der Waals surface area contributed by atoms with Gasteiger partial charge in [-0.15, -0.1) is 0 Å². The molecule has 162 valence electrons. The fourth-order valence-corrected chi connectivity index (χ4v) is 3.02. The molecule has 0 aromatic heterocycles. The molecule has 12 heteroatoms. The summed E-state index contributed by atoms with van der Waals surface area (Å²) in [5.74, 6) is -1.86. The van der Waals surface area contributed by atoms with E-state index in [-0.39, 0.29) is 0 Å². The quantitative estimate of drug-likeness (QED) is 0.186. The summed E-state index contributed by atoms with van der Waals surface area (Å²) in [6.45, 7) is 0.741. The highest BCUT2D eigenvalue weighted by Gasteiger charge is 2.26. The highest BCUT2D eigenvalue weighted by Crippen LogP contribution is 2.04. The van der Waals surface area contributed by atoms with Gasteiger partial charge in [0.05, 0.1) is 18.7 Å². The first-order valence-corrected chi connectivity index (χ1v) is 11.4. The molecule has 0 saturated carbocycles. The number of rotatable bonds is 14. The Morgan fingerprint density at radius 2 is 1.57 bits per heavy atom. The topological polar surface area (TPSA) is 171 Å². The molecule has 0 radical (unpaired) electrons. The summed E-state index contributed by atoms with van der Waals surface area (Å²) in [6.07, 6.45) is 3.28. The van der Waals surface area contributed by atoms with Crippen LogP contribution in [0.2, 0.25) is 0 Å². The van der Waals surface area contributed by atoms with Crippen LogP contribution >= 0.6 is 23.5 Å². The third-order valence-electron chi connectivity index (χ3n) is 3.70. The van der Waals surface area contributed by atoms with Gasteiger partial charge in [0.25, 0.3) is 0 Å². The zero-order valence-corrected chi connectivity index (χ0v) is 17.9. The van der Waals surface area contributed by atoms with Gasteiger partial charge in [-0.05, 0) is 43.8 Å². The number of aliphatic hydroxyl groups is 1. The van der Waals surface area contributed by atoms with Gasteiger partial charge < -0.3 is 31.9 Å². The fourth-order valence-electron chi connectivity index (χ4n) is 2.06. The van der Waals surface area contributed by atoms with Gasteiger partial charge >= 0.3 is 5.97 Å². The number of thioether (sulfide) groups is 2. The fraction of sp³-hybridized carbons (Fsp3) is 0.750. The van der Waals surface area contributed by atoms with E-state index in [9.17, 15) is 24.3 Å². The lowest BCUT2D eigenvalue weighted by Gasteiger charge is -2.21. The van der Waals surface area contributed by atoms with Gasteiger partial charge in [-0.1, -0.05) is 0 Å². The molecule has 0 fully saturated rings. The Balaban J connectivity index is 4.73. The lowest BCUT2D eigenvalue weighted by Crippen LogP contribution is -2.54. The summed E-state index contributed by atoms with van der Waals surface area (Å²) in [4.78, 5) is 47.3. The molecule has 0 aromatic rings. The van der Waals surface area contributed by atoms with E-state index in [0.717, 1.165) is 0 Å². The maximum absolute atomic E-state index is 12.4. The zero-order valence-electron chi connectivity index (χ0n) is 16.3. The third-order valence-corrected chi connectivity index (χ3v) is 4.99. The first-order valence-electron chi connectivity index (χ1n) is 8.65. The largest absolute Gasteiger partial charge is 0.480 e. The average Bonchev–Trinajstić information content (AvgIpc) is 2.64. The number of aliphatic hydroxyl groups excluding tert-OH is 1. The van der Waals surface area contributed by atoms with Crippen LogP contribution in [-0.2, 0) is 19.2 Å². The molecule has 28 heavy (non-hydrogen) atoms. The van der Waals surface area contributed by atoms with Gasteiger partial charge in [0.2, 0.25) is 17.7 Å². The van der Waals surface area contributed by atoms with Crippen molar-refractivity contribution in [3.8, 4) is 0 Å². The Morgan fingerprint density at radius 1 is 1.00 bits per heavy atom. The molecule has 0 aliphatic heterocycles. The van der Waals surface area contributed by atoms with Crippen LogP contribution in [0.1, 0.15) is 19.8 Å². The second-order valence-corrected chi connectivity index (χ2v) is 8.04. The van der Waals surface area contributed by atoms with Crippen molar-refractivity contribution in [3.63, 3.8) is 0 Å². The molecule has 0 spiro atoms. The van der Waals surface area contributed by atoms with Crippen LogP contribution in [0.15, 0.2) is 0 Å². The van der Waals surface area contributed by atoms with Crippen molar-refractivity contribution in [2.45, 2.75) is 44.0 Å². The number of carbonyl (C=O) groups is 4. The van der Waals surface area contributed by atoms with E-state index in [2.05, 4.69) is 16.0 Å². The standard InChI is InChI=1S/C16H30N4O6S2/c1-9(21)13(16(25)26)20-12(22)8-18-15(24)11(5-7-28-3)19-14(23)10(17)4-6-27-2/h9-11,13,21H,4-8,17H2,1-3H3,(H,18,24)(H,19,23)(H,20,22)(H,25,26). The Hall–Kier alpha value is -1.50. The monoisotopic (exact) mass is 438 g/mol. The second kappa shape index (κ2) is 14.5. The molecule has 4 unspecified atom stereocenters. The van der Waals surface area contributed by atoms with Crippen LogP contribution in [0.3, 0.4) is 0 Å². The molecular formula is C16H30N4O6S2. The lowest BCUT2D eigenvalue weighted by atomic mass is 10.1. The van der Waals surface area contributed by atoms with E-state index < -0.39 is 54.5 Å². The van der Waals surface area contributed by atoms with Crippen LogP contribution in [0.4, 0.5) is 0 Å². The minimum atomic E-state index is -1.48. The van der Waals surface area contributed by atoms with E-state index in [1.165, 1.54) is 18.7 Å². The summed E-state index contributed by atoms with van der Waals surface area (Å²) in [7, 11) is 0. The minimum Gasteiger partial charge on any atom is -0.480 e. The van der Waals surface area contributed by atoms with Crippen LogP contribution in [-0.4, -0.2) is 88.7 Å². The molecule has 0 aliphatic carbocycles. The maximum atomic E-state index is 12.4. The van der Waals surface area contributed by atoms with Crippen molar-refractivity contribution in [3.05, 3.63) is 0 Å². The van der Waals surface area contributed by atoms with E-state index in [1.807, 2.05) is 12.5 Å². The number of carboxylic acids is 1. The molecule has 0 aliphatic rings. The summed E-state index contributed by atoms with van der Waals surface area (Å²) in [5, 5.41) is 25.4. The van der Waals surface area contributed by atoms with Gasteiger partial charge in [-0.2, -0.15) is 23.5 Å². The Labute approximate surface area is 173 Å². The summed E-state index contributed by atoms with van der Waals surface area (Å²) < 4.78 is 0. The minimum absolute atomic E-state index is 0.348. The van der Waals surface area contributed by atoms with E-state index in [4.69, 9.17) is 10.8 Å². The summed E-state index contributed by atoms with van der Waals surface area (Å²) in [6, 6.07) is -3.08. The summed E-state index contributed by atoms with van der Waals surface area (Å²) >= 11 is 3.06. The van der Waals surface area contributed by atoms with Gasteiger partial charge in [-0.25, -0.2) is 4.79 Å². The number of aliphatic carboxylic acids is 1. The lowest BCUT2D eigenvalue weighted by molar-refractivity contribution is -0.144. The van der Waals surface area contributed by atoms with Crippen molar-refractivity contribution in [2.24, 2.45) is 5.73 Å². The third kappa shape index (κ3) is 10.7. The Kier molecular flexibility index (Phi) is 13.7. The number of amides is 3. The highest BCUT2D eigenvalue weighted by atomic mass is 32.2.